The van der Waals surface area contributed by atoms with Crippen LogP contribution in [0.15, 0.2) is 24.3 Å². The number of anilines is 2. The highest BCUT2D eigenvalue weighted by Crippen LogP contribution is 2.27. The maximum absolute atomic E-state index is 10.8. The summed E-state index contributed by atoms with van der Waals surface area (Å²) in [6.07, 6.45) is 2.45. The molecule has 5 heteroatoms. The Kier molecular flexibility index (Phi) is 4.04. The summed E-state index contributed by atoms with van der Waals surface area (Å²) in [5.74, 6) is 0. The van der Waals surface area contributed by atoms with E-state index in [2.05, 4.69) is 10.6 Å². The fourth-order valence-electron chi connectivity index (χ4n) is 2.12. The molecule has 5 nitrogen and oxygen atoms in total. The molecule has 0 saturated heterocycles. The third kappa shape index (κ3) is 3.37. The summed E-state index contributed by atoms with van der Waals surface area (Å²) in [4.78, 5) is 10.8. The zero-order valence-corrected chi connectivity index (χ0v) is 10.5. The van der Waals surface area contributed by atoms with Gasteiger partial charge in [0, 0.05) is 24.0 Å². The fourth-order valence-corrected chi connectivity index (χ4v) is 2.12. The summed E-state index contributed by atoms with van der Waals surface area (Å²) in [6.45, 7) is 2.79. The molecule has 1 fully saturated rings. The van der Waals surface area contributed by atoms with Crippen molar-refractivity contribution >= 4 is 17.4 Å². The van der Waals surface area contributed by atoms with E-state index in [-0.39, 0.29) is 0 Å². The smallest absolute Gasteiger partial charge is 0.316 e. The number of amides is 2. The standard InChI is InChI=1S/C13H19N3O2/c1-2-18-12-7-11(8-12)15-9-4-3-5-10(6-9)16-13(14)17/h3-6,11-12,15H,2,7-8H2,1H3,(H3,14,16,17). The third-order valence-corrected chi connectivity index (χ3v) is 3.00. The van der Waals surface area contributed by atoms with Gasteiger partial charge in [-0.05, 0) is 38.0 Å². The fraction of sp³-hybridized carbons (Fsp3) is 0.462. The quantitative estimate of drug-likeness (QED) is 0.748. The maximum Gasteiger partial charge on any atom is 0.316 e. The van der Waals surface area contributed by atoms with Crippen LogP contribution in [0.25, 0.3) is 0 Å². The van der Waals surface area contributed by atoms with Crippen molar-refractivity contribution in [2.24, 2.45) is 5.73 Å². The Morgan fingerprint density at radius 2 is 2.17 bits per heavy atom. The second-order valence-corrected chi connectivity index (χ2v) is 4.46. The number of hydrogen-bond acceptors (Lipinski definition) is 3. The zero-order chi connectivity index (χ0) is 13.0. The predicted octanol–water partition coefficient (Wildman–Crippen LogP) is 2.16. The summed E-state index contributed by atoms with van der Waals surface area (Å²) in [7, 11) is 0. The number of primary amides is 1. The van der Waals surface area contributed by atoms with Crippen molar-refractivity contribution in [3.63, 3.8) is 0 Å². The van der Waals surface area contributed by atoms with Crippen molar-refractivity contribution in [1.82, 2.24) is 0 Å². The highest BCUT2D eigenvalue weighted by molar-refractivity contribution is 5.88. The number of carbonyl (C=O) groups excluding carboxylic acids is 1. The number of nitrogens with one attached hydrogen (secondary N) is 2. The van der Waals surface area contributed by atoms with Gasteiger partial charge in [-0.3, -0.25) is 0 Å². The zero-order valence-electron chi connectivity index (χ0n) is 10.5. The van der Waals surface area contributed by atoms with E-state index in [1.54, 1.807) is 6.07 Å². The number of hydrogen-bond donors (Lipinski definition) is 3. The van der Waals surface area contributed by atoms with Crippen LogP contribution in [0.3, 0.4) is 0 Å². The molecule has 0 radical (unpaired) electrons. The lowest BCUT2D eigenvalue weighted by atomic mass is 9.89. The molecular formula is C13H19N3O2. The van der Waals surface area contributed by atoms with Gasteiger partial charge in [0.05, 0.1) is 6.10 Å². The van der Waals surface area contributed by atoms with Crippen LogP contribution in [0, 0.1) is 0 Å². The average Bonchev–Trinajstić information content (AvgIpc) is 2.26. The van der Waals surface area contributed by atoms with Crippen LogP contribution in [0.4, 0.5) is 16.2 Å². The van der Waals surface area contributed by atoms with Crippen LogP contribution >= 0.6 is 0 Å². The van der Waals surface area contributed by atoms with Gasteiger partial charge in [0.25, 0.3) is 0 Å². The minimum absolute atomic E-state index is 0.388. The van der Waals surface area contributed by atoms with E-state index < -0.39 is 6.03 Å². The van der Waals surface area contributed by atoms with Crippen molar-refractivity contribution < 1.29 is 9.53 Å². The molecule has 1 aromatic carbocycles. The average molecular weight is 249 g/mol. The van der Waals surface area contributed by atoms with Gasteiger partial charge in [-0.25, -0.2) is 4.79 Å². The Morgan fingerprint density at radius 3 is 2.83 bits per heavy atom. The highest BCUT2D eigenvalue weighted by Gasteiger charge is 2.29. The first-order chi connectivity index (χ1) is 8.67. The topological polar surface area (TPSA) is 76.4 Å². The molecular weight excluding hydrogens is 230 g/mol. The van der Waals surface area contributed by atoms with Gasteiger partial charge in [0.1, 0.15) is 0 Å². The first-order valence-corrected chi connectivity index (χ1v) is 6.22. The Labute approximate surface area is 107 Å². The van der Waals surface area contributed by atoms with Crippen LogP contribution < -0.4 is 16.4 Å². The van der Waals surface area contributed by atoms with Gasteiger partial charge in [0.2, 0.25) is 0 Å². The molecule has 0 bridgehead atoms. The Morgan fingerprint density at radius 1 is 1.44 bits per heavy atom. The van der Waals surface area contributed by atoms with Crippen LogP contribution in [-0.4, -0.2) is 24.8 Å². The van der Waals surface area contributed by atoms with Gasteiger partial charge in [-0.2, -0.15) is 0 Å². The first-order valence-electron chi connectivity index (χ1n) is 6.22. The second-order valence-electron chi connectivity index (χ2n) is 4.46. The molecule has 0 spiro atoms. The minimum atomic E-state index is -0.549. The summed E-state index contributed by atoms with van der Waals surface area (Å²) in [5, 5.41) is 5.97. The molecule has 18 heavy (non-hydrogen) atoms. The number of carbonyl (C=O) groups is 1. The summed E-state index contributed by atoms with van der Waals surface area (Å²) >= 11 is 0. The van der Waals surface area contributed by atoms with Gasteiger partial charge < -0.3 is 21.1 Å². The van der Waals surface area contributed by atoms with Gasteiger partial charge >= 0.3 is 6.03 Å². The van der Waals surface area contributed by atoms with E-state index in [1.807, 2.05) is 25.1 Å². The van der Waals surface area contributed by atoms with Crippen molar-refractivity contribution in [3.8, 4) is 0 Å². The van der Waals surface area contributed by atoms with E-state index in [9.17, 15) is 4.79 Å². The number of benzene rings is 1. The molecule has 2 amide bonds. The Balaban J connectivity index is 1.85. The first kappa shape index (κ1) is 12.7. The molecule has 2 rings (SSSR count). The van der Waals surface area contributed by atoms with Crippen molar-refractivity contribution in [1.29, 1.82) is 0 Å². The molecule has 1 saturated carbocycles. The van der Waals surface area contributed by atoms with Crippen LogP contribution in [0.1, 0.15) is 19.8 Å². The molecule has 0 aromatic heterocycles. The molecule has 1 aliphatic carbocycles. The second kappa shape index (κ2) is 5.73. The lowest BCUT2D eigenvalue weighted by molar-refractivity contribution is 0.00299. The van der Waals surface area contributed by atoms with Crippen LogP contribution in [-0.2, 0) is 4.74 Å². The number of rotatable bonds is 5. The lowest BCUT2D eigenvalue weighted by Crippen LogP contribution is -2.40. The van der Waals surface area contributed by atoms with E-state index in [0.717, 1.165) is 25.1 Å². The van der Waals surface area contributed by atoms with Crippen molar-refractivity contribution in [3.05, 3.63) is 24.3 Å². The Hall–Kier alpha value is -1.75. The Bertz CT molecular complexity index is 416. The number of nitrogens with two attached hydrogens (primary N) is 1. The number of ether oxygens (including phenoxy) is 1. The molecule has 0 unspecified atom stereocenters. The van der Waals surface area contributed by atoms with Gasteiger partial charge in [-0.1, -0.05) is 6.07 Å². The van der Waals surface area contributed by atoms with Crippen LogP contribution in [0.5, 0.6) is 0 Å². The summed E-state index contributed by atoms with van der Waals surface area (Å²) < 4.78 is 5.51. The summed E-state index contributed by atoms with van der Waals surface area (Å²) in [5.41, 5.74) is 6.77. The monoisotopic (exact) mass is 249 g/mol. The van der Waals surface area contributed by atoms with Gasteiger partial charge in [0.15, 0.2) is 0 Å². The van der Waals surface area contributed by atoms with E-state index in [0.29, 0.717) is 17.8 Å². The van der Waals surface area contributed by atoms with E-state index >= 15 is 0 Å². The summed E-state index contributed by atoms with van der Waals surface area (Å²) in [6, 6.07) is 7.43. The SMILES string of the molecule is CCOC1CC(Nc2cccc(NC(N)=O)c2)C1. The maximum atomic E-state index is 10.8. The van der Waals surface area contributed by atoms with Crippen molar-refractivity contribution in [2.45, 2.75) is 31.9 Å². The van der Waals surface area contributed by atoms with E-state index in [1.165, 1.54) is 0 Å². The van der Waals surface area contributed by atoms with Gasteiger partial charge in [-0.15, -0.1) is 0 Å². The normalized spacial score (nSPS) is 22.1. The molecule has 98 valence electrons. The minimum Gasteiger partial charge on any atom is -0.382 e. The van der Waals surface area contributed by atoms with Crippen LogP contribution in [0.2, 0.25) is 0 Å². The van der Waals surface area contributed by atoms with E-state index in [4.69, 9.17) is 10.5 Å². The highest BCUT2D eigenvalue weighted by atomic mass is 16.5. The molecule has 0 aliphatic heterocycles. The molecule has 1 aromatic rings. The number of urea groups is 1. The predicted molar refractivity (Wildman–Crippen MR) is 71.7 cm³/mol. The molecule has 0 atom stereocenters. The largest absolute Gasteiger partial charge is 0.382 e. The molecule has 0 heterocycles. The molecule has 1 aliphatic rings. The lowest BCUT2D eigenvalue weighted by Gasteiger charge is -2.36. The third-order valence-electron chi connectivity index (χ3n) is 3.00. The molecule has 4 N–H and O–H groups in total. The van der Waals surface area contributed by atoms with Crippen molar-refractivity contribution in [2.75, 3.05) is 17.2 Å².